The van der Waals surface area contributed by atoms with Gasteiger partial charge < -0.3 is 15.4 Å². The molecule has 0 bridgehead atoms. The van der Waals surface area contributed by atoms with Gasteiger partial charge in [-0.1, -0.05) is 0 Å². The van der Waals surface area contributed by atoms with Crippen molar-refractivity contribution >= 4 is 19.6 Å². The van der Waals surface area contributed by atoms with Crippen LogP contribution in [0, 0.1) is 0 Å². The van der Waals surface area contributed by atoms with Crippen LogP contribution < -0.4 is 22.1 Å². The lowest BCUT2D eigenvalue weighted by Gasteiger charge is -2.40. The van der Waals surface area contributed by atoms with Gasteiger partial charge in [0.05, 0.1) is 6.61 Å². The van der Waals surface area contributed by atoms with Gasteiger partial charge >= 0.3 is 7.82 Å². The summed E-state index contributed by atoms with van der Waals surface area (Å²) in [5.41, 5.74) is 4.75. The summed E-state index contributed by atoms with van der Waals surface area (Å²) in [5, 5.41) is -0.157. The molecule has 0 spiro atoms. The number of carbonyl (C=O) groups excluding carboxylic acids is 1. The topological polar surface area (TPSA) is 179 Å². The molecule has 1 unspecified atom stereocenters. The number of hydrogen-bond donors (Lipinski definition) is 3. The third kappa shape index (κ3) is 2.31. The summed E-state index contributed by atoms with van der Waals surface area (Å²) in [4.78, 5) is 47.8. The Hall–Kier alpha value is -1.98. The van der Waals surface area contributed by atoms with Crippen LogP contribution in [0.3, 0.4) is 0 Å². The highest BCUT2D eigenvalue weighted by molar-refractivity contribution is 7.47. The van der Waals surface area contributed by atoms with E-state index < -0.39 is 43.6 Å². The van der Waals surface area contributed by atoms with Crippen molar-refractivity contribution in [3.05, 3.63) is 21.2 Å². The van der Waals surface area contributed by atoms with Crippen LogP contribution in [0.5, 0.6) is 0 Å². The number of aromatic amines is 1. The Morgan fingerprint density at radius 1 is 1.35 bits per heavy atom. The van der Waals surface area contributed by atoms with Crippen LogP contribution >= 0.6 is 7.82 Å². The zero-order valence-electron chi connectivity index (χ0n) is 11.3. The number of anilines is 1. The molecule has 122 valence electrons. The number of nitrogens with zero attached hydrogens (tertiary/aromatic N) is 3. The van der Waals surface area contributed by atoms with Crippen molar-refractivity contribution < 1.29 is 28.0 Å². The van der Waals surface area contributed by atoms with Gasteiger partial charge in [0.25, 0.3) is 5.56 Å². The fourth-order valence-electron chi connectivity index (χ4n) is 2.57. The van der Waals surface area contributed by atoms with E-state index in [2.05, 4.69) is 24.5 Å². The van der Waals surface area contributed by atoms with E-state index in [1.165, 1.54) is 0 Å². The standard InChI is InChI=1S/C10H10N5O7P/c11-10-14-7-4(8(17)15-10)12-3-5(16)6-2(21-9(3)13-7)1-20-23(18,19)22-6/h2-3,6,9H,1H2,(H,18,19)(H3,11,13,14,15,17)/t2-,3+,6+,9-/m1/s1. The lowest BCUT2D eigenvalue weighted by molar-refractivity contribution is -0.174. The summed E-state index contributed by atoms with van der Waals surface area (Å²) in [6.45, 7) is -0.305. The Kier molecular flexibility index (Phi) is 3.02. The first kappa shape index (κ1) is 14.6. The molecule has 13 heteroatoms. The Morgan fingerprint density at radius 2 is 2.13 bits per heavy atom. The smallest absolute Gasteiger partial charge is 0.369 e. The van der Waals surface area contributed by atoms with Crippen molar-refractivity contribution in [2.75, 3.05) is 12.3 Å². The Labute approximate surface area is 126 Å². The third-order valence-electron chi connectivity index (χ3n) is 3.56. The second-order valence-corrected chi connectivity index (χ2v) is 6.49. The van der Waals surface area contributed by atoms with E-state index in [1.807, 2.05) is 0 Å². The number of aromatic nitrogens is 2. The van der Waals surface area contributed by atoms with Crippen LogP contribution in [0.4, 0.5) is 5.95 Å². The van der Waals surface area contributed by atoms with E-state index in [4.69, 9.17) is 15.0 Å². The molecule has 2 fully saturated rings. The maximum atomic E-state index is 12.5. The molecule has 1 aromatic heterocycles. The number of nitrogens with two attached hydrogens (primary N) is 1. The summed E-state index contributed by atoms with van der Waals surface area (Å²) in [7, 11) is -4.31. The molecule has 0 saturated carbocycles. The molecule has 3 aliphatic heterocycles. The lowest BCUT2D eigenvalue weighted by Crippen LogP contribution is -2.61. The van der Waals surface area contributed by atoms with Gasteiger partial charge in [0.2, 0.25) is 5.95 Å². The van der Waals surface area contributed by atoms with Crippen LogP contribution in [-0.2, 0) is 23.1 Å². The van der Waals surface area contributed by atoms with Crippen molar-refractivity contribution in [3.8, 4) is 0 Å². The molecule has 0 aromatic carbocycles. The quantitative estimate of drug-likeness (QED) is 0.409. The fraction of sp³-hybridized carbons (Fsp3) is 0.500. The van der Waals surface area contributed by atoms with Gasteiger partial charge in [-0.15, -0.1) is 0 Å². The Morgan fingerprint density at radius 3 is 2.91 bits per heavy atom. The predicted octanol–water partition coefficient (Wildman–Crippen LogP) is -3.22. The van der Waals surface area contributed by atoms with E-state index >= 15 is 0 Å². The van der Waals surface area contributed by atoms with Gasteiger partial charge in [0.15, 0.2) is 35.0 Å². The molecular formula is C10H10N5O7P. The second kappa shape index (κ2) is 4.76. The normalized spacial score (nSPS) is 38.6. The van der Waals surface area contributed by atoms with Gasteiger partial charge in [0.1, 0.15) is 6.10 Å². The van der Waals surface area contributed by atoms with Crippen LogP contribution in [0.1, 0.15) is 0 Å². The molecule has 2 saturated heterocycles. The van der Waals surface area contributed by atoms with Crippen LogP contribution in [0.2, 0.25) is 0 Å². The van der Waals surface area contributed by atoms with Crippen molar-refractivity contribution in [1.82, 2.24) is 9.97 Å². The number of nitrogens with one attached hydrogen (secondary N) is 1. The number of H-pyrrole nitrogens is 1. The number of carbonyl (C=O) groups is 1. The van der Waals surface area contributed by atoms with Gasteiger partial charge in [-0.2, -0.15) is 4.98 Å². The third-order valence-corrected chi connectivity index (χ3v) is 4.52. The molecule has 4 heterocycles. The fourth-order valence-corrected chi connectivity index (χ4v) is 3.49. The molecule has 0 radical (unpaired) electrons. The van der Waals surface area contributed by atoms with Gasteiger partial charge in [-0.05, 0) is 0 Å². The minimum Gasteiger partial charge on any atom is -0.369 e. The summed E-state index contributed by atoms with van der Waals surface area (Å²) >= 11 is 0. The van der Waals surface area contributed by atoms with E-state index in [1.54, 1.807) is 0 Å². The van der Waals surface area contributed by atoms with Crippen LogP contribution in [0.25, 0.3) is 0 Å². The summed E-state index contributed by atoms with van der Waals surface area (Å²) in [6.07, 6.45) is -3.26. The first-order chi connectivity index (χ1) is 10.8. The van der Waals surface area contributed by atoms with Crippen LogP contribution in [0.15, 0.2) is 14.8 Å². The monoisotopic (exact) mass is 343 g/mol. The average Bonchev–Trinajstić information content (AvgIpc) is 2.46. The Balaban J connectivity index is 1.80. The second-order valence-electron chi connectivity index (χ2n) is 5.08. The Bertz CT molecular complexity index is 929. The molecule has 4 rings (SSSR count). The molecule has 0 aliphatic carbocycles. The molecule has 1 aromatic rings. The van der Waals surface area contributed by atoms with E-state index in [-0.39, 0.29) is 23.4 Å². The average molecular weight is 343 g/mol. The molecule has 0 amide bonds. The summed E-state index contributed by atoms with van der Waals surface area (Å²) in [5.74, 6) is -0.758. The van der Waals surface area contributed by atoms with Crippen molar-refractivity contribution in [1.29, 1.82) is 0 Å². The number of fused-ring (bicyclic) bond motifs is 3. The zero-order chi connectivity index (χ0) is 16.4. The van der Waals surface area contributed by atoms with Crippen LogP contribution in [-0.4, -0.2) is 51.7 Å². The maximum Gasteiger partial charge on any atom is 0.473 e. The minimum atomic E-state index is -4.31. The largest absolute Gasteiger partial charge is 0.473 e. The molecule has 4 N–H and O–H groups in total. The highest BCUT2D eigenvalue weighted by Gasteiger charge is 2.52. The number of rotatable bonds is 0. The highest BCUT2D eigenvalue weighted by Crippen LogP contribution is 2.50. The van der Waals surface area contributed by atoms with E-state index in [0.29, 0.717) is 0 Å². The number of phosphoric ester groups is 1. The lowest BCUT2D eigenvalue weighted by atomic mass is 9.98. The van der Waals surface area contributed by atoms with Crippen molar-refractivity contribution in [2.24, 2.45) is 9.98 Å². The minimum absolute atomic E-state index is 0.0378. The van der Waals surface area contributed by atoms with Gasteiger partial charge in [-0.25, -0.2) is 9.56 Å². The molecule has 23 heavy (non-hydrogen) atoms. The first-order valence-corrected chi connectivity index (χ1v) is 8.00. The number of ketones is 1. The maximum absolute atomic E-state index is 12.5. The number of ether oxygens (including phenoxy) is 1. The number of nitrogen functional groups attached to an aromatic ring is 1. The zero-order valence-corrected chi connectivity index (χ0v) is 12.2. The number of Topliss-reactive ketones (excluding diaryl/α,β-unsaturated/α-hetero) is 1. The SMILES string of the molecule is Nc1nc2c(c(=O)[nH]1)=N[C@H]1C(=O)[C@H]3OP(=O)(O)OC[C@H]3O[C@H]1N=2. The van der Waals surface area contributed by atoms with Gasteiger partial charge in [-0.3, -0.25) is 28.6 Å². The summed E-state index contributed by atoms with van der Waals surface area (Å²) in [6, 6.07) is -1.17. The van der Waals surface area contributed by atoms with Gasteiger partial charge in [0, 0.05) is 0 Å². The molecule has 3 aliphatic rings. The summed E-state index contributed by atoms with van der Waals surface area (Å²) < 4.78 is 26.4. The predicted molar refractivity (Wildman–Crippen MR) is 69.7 cm³/mol. The van der Waals surface area contributed by atoms with E-state index in [9.17, 15) is 19.0 Å². The van der Waals surface area contributed by atoms with Crippen molar-refractivity contribution in [2.45, 2.75) is 24.5 Å². The number of hydrogen-bond acceptors (Lipinski definition) is 10. The molecule has 12 nitrogen and oxygen atoms in total. The molecular weight excluding hydrogens is 333 g/mol. The van der Waals surface area contributed by atoms with E-state index in [0.717, 1.165) is 0 Å². The number of phosphoric acid groups is 1. The first-order valence-electron chi connectivity index (χ1n) is 6.50. The van der Waals surface area contributed by atoms with Crippen molar-refractivity contribution in [3.63, 3.8) is 0 Å². The highest BCUT2D eigenvalue weighted by atomic mass is 31.2. The molecule has 5 atom stereocenters.